The standard InChI is InChI=1S/C13H16O5/c14-7-3-4-8-18-12(15)9-10-5-1-2-6-11(10)13(16)17/h1-2,5-6,14H,3-4,7-9H2,(H,16,17). The van der Waals surface area contributed by atoms with Gasteiger partial charge in [-0.3, -0.25) is 4.79 Å². The fraction of sp³-hybridized carbons (Fsp3) is 0.385. The molecule has 0 radical (unpaired) electrons. The van der Waals surface area contributed by atoms with Crippen LogP contribution >= 0.6 is 0 Å². The molecule has 0 aliphatic carbocycles. The van der Waals surface area contributed by atoms with Crippen LogP contribution in [-0.2, 0) is 16.0 Å². The minimum absolute atomic E-state index is 0.0540. The molecule has 0 bridgehead atoms. The number of aliphatic hydroxyl groups is 1. The molecule has 0 heterocycles. The zero-order valence-corrected chi connectivity index (χ0v) is 9.96. The summed E-state index contributed by atoms with van der Waals surface area (Å²) in [6.07, 6.45) is 1.13. The Morgan fingerprint density at radius 1 is 1.17 bits per heavy atom. The summed E-state index contributed by atoms with van der Waals surface area (Å²) in [6.45, 7) is 0.314. The number of aromatic carboxylic acids is 1. The number of unbranched alkanes of at least 4 members (excludes halogenated alkanes) is 1. The molecule has 0 saturated carbocycles. The van der Waals surface area contributed by atoms with Gasteiger partial charge in [0.2, 0.25) is 0 Å². The van der Waals surface area contributed by atoms with E-state index in [9.17, 15) is 9.59 Å². The molecule has 0 fully saturated rings. The normalized spacial score (nSPS) is 10.1. The zero-order chi connectivity index (χ0) is 13.4. The average Bonchev–Trinajstić information content (AvgIpc) is 2.35. The Labute approximate surface area is 105 Å². The molecule has 0 aliphatic heterocycles. The van der Waals surface area contributed by atoms with E-state index in [0.717, 1.165) is 0 Å². The van der Waals surface area contributed by atoms with E-state index in [1.54, 1.807) is 18.2 Å². The van der Waals surface area contributed by atoms with Crippen LogP contribution in [0.2, 0.25) is 0 Å². The molecule has 0 atom stereocenters. The first-order valence-corrected chi connectivity index (χ1v) is 5.73. The van der Waals surface area contributed by atoms with E-state index in [0.29, 0.717) is 18.4 Å². The lowest BCUT2D eigenvalue weighted by atomic mass is 10.1. The van der Waals surface area contributed by atoms with Gasteiger partial charge in [-0.05, 0) is 24.5 Å². The number of esters is 1. The van der Waals surface area contributed by atoms with Crippen molar-refractivity contribution < 1.29 is 24.5 Å². The number of carboxylic acids is 1. The molecule has 18 heavy (non-hydrogen) atoms. The van der Waals surface area contributed by atoms with Crippen LogP contribution in [0.25, 0.3) is 0 Å². The first-order chi connectivity index (χ1) is 8.65. The third-order valence-corrected chi connectivity index (χ3v) is 2.40. The SMILES string of the molecule is O=C(Cc1ccccc1C(=O)O)OCCCCO. The molecule has 0 amide bonds. The Bertz CT molecular complexity index is 414. The van der Waals surface area contributed by atoms with E-state index in [4.69, 9.17) is 14.9 Å². The van der Waals surface area contributed by atoms with Gasteiger partial charge in [-0.15, -0.1) is 0 Å². The minimum atomic E-state index is -1.06. The highest BCUT2D eigenvalue weighted by Crippen LogP contribution is 2.10. The zero-order valence-electron chi connectivity index (χ0n) is 9.96. The summed E-state index contributed by atoms with van der Waals surface area (Å²) < 4.78 is 4.94. The molecular weight excluding hydrogens is 236 g/mol. The van der Waals surface area contributed by atoms with Gasteiger partial charge < -0.3 is 14.9 Å². The summed E-state index contributed by atoms with van der Waals surface area (Å²) in [5.41, 5.74) is 0.557. The first-order valence-electron chi connectivity index (χ1n) is 5.73. The van der Waals surface area contributed by atoms with E-state index in [1.165, 1.54) is 6.07 Å². The van der Waals surface area contributed by atoms with Crippen molar-refractivity contribution in [2.45, 2.75) is 19.3 Å². The van der Waals surface area contributed by atoms with Gasteiger partial charge in [-0.2, -0.15) is 0 Å². The number of carboxylic acid groups (broad SMARTS) is 1. The summed E-state index contributed by atoms with van der Waals surface area (Å²) in [6, 6.07) is 6.34. The Balaban J connectivity index is 2.51. The van der Waals surface area contributed by atoms with Crippen molar-refractivity contribution in [1.29, 1.82) is 0 Å². The van der Waals surface area contributed by atoms with Gasteiger partial charge >= 0.3 is 11.9 Å². The van der Waals surface area contributed by atoms with Crippen molar-refractivity contribution in [3.8, 4) is 0 Å². The molecule has 98 valence electrons. The molecule has 0 unspecified atom stereocenters. The van der Waals surface area contributed by atoms with E-state index >= 15 is 0 Å². The Morgan fingerprint density at radius 3 is 2.56 bits per heavy atom. The highest BCUT2D eigenvalue weighted by molar-refractivity contribution is 5.91. The molecule has 0 spiro atoms. The van der Waals surface area contributed by atoms with Crippen molar-refractivity contribution in [2.24, 2.45) is 0 Å². The van der Waals surface area contributed by atoms with Gasteiger partial charge in [0.25, 0.3) is 0 Å². The van der Waals surface area contributed by atoms with Gasteiger partial charge in [0.05, 0.1) is 18.6 Å². The molecule has 2 N–H and O–H groups in total. The summed E-state index contributed by atoms with van der Waals surface area (Å²) >= 11 is 0. The number of carbonyl (C=O) groups is 2. The van der Waals surface area contributed by atoms with Crippen LogP contribution in [0, 0.1) is 0 Å². The lowest BCUT2D eigenvalue weighted by molar-refractivity contribution is -0.143. The Morgan fingerprint density at radius 2 is 1.89 bits per heavy atom. The molecule has 0 aromatic heterocycles. The minimum Gasteiger partial charge on any atom is -0.478 e. The fourth-order valence-corrected chi connectivity index (χ4v) is 1.49. The van der Waals surface area contributed by atoms with Crippen LogP contribution in [0.3, 0.4) is 0 Å². The monoisotopic (exact) mass is 252 g/mol. The Hall–Kier alpha value is -1.88. The smallest absolute Gasteiger partial charge is 0.335 e. The van der Waals surface area contributed by atoms with Crippen molar-refractivity contribution >= 4 is 11.9 Å². The fourth-order valence-electron chi connectivity index (χ4n) is 1.49. The first kappa shape index (κ1) is 14.2. The van der Waals surface area contributed by atoms with Crippen molar-refractivity contribution in [3.63, 3.8) is 0 Å². The molecular formula is C13H16O5. The van der Waals surface area contributed by atoms with Crippen LogP contribution < -0.4 is 0 Å². The lowest BCUT2D eigenvalue weighted by Gasteiger charge is -2.06. The van der Waals surface area contributed by atoms with E-state index in [2.05, 4.69) is 0 Å². The van der Waals surface area contributed by atoms with E-state index in [1.807, 2.05) is 0 Å². The molecule has 1 rings (SSSR count). The number of aliphatic hydroxyl groups excluding tert-OH is 1. The maximum atomic E-state index is 11.5. The van der Waals surface area contributed by atoms with Crippen LogP contribution in [0.1, 0.15) is 28.8 Å². The van der Waals surface area contributed by atoms with Crippen molar-refractivity contribution in [1.82, 2.24) is 0 Å². The van der Waals surface area contributed by atoms with Gasteiger partial charge in [0.1, 0.15) is 0 Å². The number of benzene rings is 1. The topological polar surface area (TPSA) is 83.8 Å². The van der Waals surface area contributed by atoms with Crippen LogP contribution in [0.5, 0.6) is 0 Å². The number of hydrogen-bond acceptors (Lipinski definition) is 4. The summed E-state index contributed by atoms with van der Waals surface area (Å²) in [5.74, 6) is -1.51. The number of hydrogen-bond donors (Lipinski definition) is 2. The molecule has 0 saturated heterocycles. The van der Waals surface area contributed by atoms with E-state index in [-0.39, 0.29) is 25.2 Å². The van der Waals surface area contributed by atoms with Crippen LogP contribution in [0.4, 0.5) is 0 Å². The Kier molecular flexibility index (Phi) is 5.87. The van der Waals surface area contributed by atoms with Gasteiger partial charge in [0.15, 0.2) is 0 Å². The average molecular weight is 252 g/mol. The summed E-state index contributed by atoms with van der Waals surface area (Å²) in [4.78, 5) is 22.4. The second-order valence-corrected chi connectivity index (χ2v) is 3.79. The summed E-state index contributed by atoms with van der Waals surface area (Å²) in [7, 11) is 0. The molecule has 0 aliphatic rings. The number of rotatable bonds is 7. The van der Waals surface area contributed by atoms with E-state index < -0.39 is 11.9 Å². The number of ether oxygens (including phenoxy) is 1. The molecule has 5 nitrogen and oxygen atoms in total. The van der Waals surface area contributed by atoms with Gasteiger partial charge in [-0.25, -0.2) is 4.79 Å². The van der Waals surface area contributed by atoms with Crippen LogP contribution in [0.15, 0.2) is 24.3 Å². The molecule has 1 aromatic carbocycles. The third kappa shape index (κ3) is 4.55. The largest absolute Gasteiger partial charge is 0.478 e. The highest BCUT2D eigenvalue weighted by atomic mass is 16.5. The quantitative estimate of drug-likeness (QED) is 0.563. The highest BCUT2D eigenvalue weighted by Gasteiger charge is 2.12. The predicted octanol–water partition coefficient (Wildman–Crippen LogP) is 1.24. The summed E-state index contributed by atoms with van der Waals surface area (Å²) in [5, 5.41) is 17.5. The van der Waals surface area contributed by atoms with Gasteiger partial charge in [0, 0.05) is 6.61 Å². The number of carbonyl (C=O) groups excluding carboxylic acids is 1. The maximum absolute atomic E-state index is 11.5. The third-order valence-electron chi connectivity index (χ3n) is 2.40. The van der Waals surface area contributed by atoms with Crippen LogP contribution in [-0.4, -0.2) is 35.4 Å². The maximum Gasteiger partial charge on any atom is 0.335 e. The molecule has 1 aromatic rings. The predicted molar refractivity (Wildman–Crippen MR) is 64.4 cm³/mol. The lowest BCUT2D eigenvalue weighted by Crippen LogP contribution is -2.12. The van der Waals surface area contributed by atoms with Gasteiger partial charge in [-0.1, -0.05) is 18.2 Å². The van der Waals surface area contributed by atoms with Crippen molar-refractivity contribution in [3.05, 3.63) is 35.4 Å². The second-order valence-electron chi connectivity index (χ2n) is 3.79. The molecule has 5 heteroatoms. The van der Waals surface area contributed by atoms with Crippen molar-refractivity contribution in [2.75, 3.05) is 13.2 Å². The second kappa shape index (κ2) is 7.45.